The second kappa shape index (κ2) is 5.05. The van der Waals surface area contributed by atoms with E-state index in [1.807, 2.05) is 6.07 Å². The summed E-state index contributed by atoms with van der Waals surface area (Å²) in [6.45, 7) is 6.62. The van der Waals surface area contributed by atoms with Crippen molar-refractivity contribution in [2.24, 2.45) is 0 Å². The van der Waals surface area contributed by atoms with Gasteiger partial charge in [-0.1, -0.05) is 36.7 Å². The standard InChI is InChI=1S/C17H22ClN/c1-12-6-7-14(18)10-15(12)17(3)9-8-13(2)16(11-17)19(4)5/h6-8,10-11H,9H2,1-5H3. The second-order valence-electron chi connectivity index (χ2n) is 5.89. The lowest BCUT2D eigenvalue weighted by molar-refractivity contribution is 0.485. The van der Waals surface area contributed by atoms with Crippen molar-refractivity contribution in [2.45, 2.75) is 32.6 Å². The average molecular weight is 276 g/mol. The van der Waals surface area contributed by atoms with E-state index in [1.54, 1.807) is 0 Å². The first kappa shape index (κ1) is 14.2. The molecule has 1 nitrogen and oxygen atoms in total. The van der Waals surface area contributed by atoms with Crippen LogP contribution in [0.2, 0.25) is 5.02 Å². The van der Waals surface area contributed by atoms with Crippen LogP contribution in [0.4, 0.5) is 0 Å². The Morgan fingerprint density at radius 1 is 1.21 bits per heavy atom. The van der Waals surface area contributed by atoms with Gasteiger partial charge in [0.05, 0.1) is 0 Å². The lowest BCUT2D eigenvalue weighted by Crippen LogP contribution is -2.26. The van der Waals surface area contributed by atoms with Gasteiger partial charge < -0.3 is 4.90 Å². The Bertz CT molecular complexity index is 554. The van der Waals surface area contributed by atoms with Crippen molar-refractivity contribution in [3.8, 4) is 0 Å². The smallest absolute Gasteiger partial charge is 0.0409 e. The van der Waals surface area contributed by atoms with E-state index < -0.39 is 0 Å². The van der Waals surface area contributed by atoms with E-state index in [9.17, 15) is 0 Å². The molecule has 0 aromatic heterocycles. The van der Waals surface area contributed by atoms with Crippen LogP contribution in [0.3, 0.4) is 0 Å². The van der Waals surface area contributed by atoms with Crippen molar-refractivity contribution in [3.63, 3.8) is 0 Å². The van der Waals surface area contributed by atoms with E-state index in [1.165, 1.54) is 22.4 Å². The third kappa shape index (κ3) is 2.71. The minimum absolute atomic E-state index is 0.0219. The van der Waals surface area contributed by atoms with Crippen LogP contribution in [0.1, 0.15) is 31.4 Å². The third-order valence-electron chi connectivity index (χ3n) is 3.99. The monoisotopic (exact) mass is 275 g/mol. The first-order valence-corrected chi connectivity index (χ1v) is 7.05. The molecule has 1 aliphatic carbocycles. The minimum atomic E-state index is 0.0219. The van der Waals surface area contributed by atoms with Gasteiger partial charge in [-0.25, -0.2) is 0 Å². The van der Waals surface area contributed by atoms with Crippen LogP contribution in [-0.2, 0) is 5.41 Å². The van der Waals surface area contributed by atoms with Crippen molar-refractivity contribution in [1.82, 2.24) is 4.90 Å². The topological polar surface area (TPSA) is 3.24 Å². The van der Waals surface area contributed by atoms with E-state index in [0.717, 1.165) is 11.4 Å². The first-order chi connectivity index (χ1) is 8.83. The van der Waals surface area contributed by atoms with Crippen LogP contribution in [-0.4, -0.2) is 19.0 Å². The summed E-state index contributed by atoms with van der Waals surface area (Å²) in [6, 6.07) is 6.18. The molecule has 0 saturated heterocycles. The Labute approximate surface area is 121 Å². The molecule has 19 heavy (non-hydrogen) atoms. The Morgan fingerprint density at radius 2 is 1.89 bits per heavy atom. The number of rotatable bonds is 2. The Hall–Kier alpha value is -1.21. The van der Waals surface area contributed by atoms with Gasteiger partial charge in [0.1, 0.15) is 0 Å². The van der Waals surface area contributed by atoms with E-state index in [0.29, 0.717) is 0 Å². The molecular weight excluding hydrogens is 254 g/mol. The normalized spacial score (nSPS) is 22.8. The summed E-state index contributed by atoms with van der Waals surface area (Å²) in [4.78, 5) is 2.18. The van der Waals surface area contributed by atoms with Crippen LogP contribution in [0.15, 0.2) is 41.6 Å². The molecular formula is C17H22ClN. The van der Waals surface area contributed by atoms with Gasteiger partial charge in [-0.05, 0) is 49.1 Å². The molecule has 1 atom stereocenters. The zero-order valence-corrected chi connectivity index (χ0v) is 13.2. The number of likely N-dealkylation sites (N-methyl/N-ethyl adjacent to an activating group) is 1. The number of benzene rings is 1. The molecule has 0 saturated carbocycles. The van der Waals surface area contributed by atoms with E-state index >= 15 is 0 Å². The van der Waals surface area contributed by atoms with Crippen molar-refractivity contribution < 1.29 is 0 Å². The van der Waals surface area contributed by atoms with Crippen LogP contribution in [0, 0.1) is 6.92 Å². The first-order valence-electron chi connectivity index (χ1n) is 6.67. The van der Waals surface area contributed by atoms with Gasteiger partial charge >= 0.3 is 0 Å². The maximum absolute atomic E-state index is 6.18. The Morgan fingerprint density at radius 3 is 2.53 bits per heavy atom. The van der Waals surface area contributed by atoms with Crippen LogP contribution >= 0.6 is 11.6 Å². The highest BCUT2D eigenvalue weighted by atomic mass is 35.5. The van der Waals surface area contributed by atoms with Crippen LogP contribution in [0.5, 0.6) is 0 Å². The number of hydrogen-bond donors (Lipinski definition) is 0. The summed E-state index contributed by atoms with van der Waals surface area (Å²) < 4.78 is 0. The number of nitrogens with zero attached hydrogens (tertiary/aromatic N) is 1. The average Bonchev–Trinajstić information content (AvgIpc) is 2.35. The molecule has 0 N–H and O–H groups in total. The summed E-state index contributed by atoms with van der Waals surface area (Å²) in [6.07, 6.45) is 5.73. The summed E-state index contributed by atoms with van der Waals surface area (Å²) in [5, 5.41) is 0.813. The maximum atomic E-state index is 6.18. The number of hydrogen-bond acceptors (Lipinski definition) is 1. The highest BCUT2D eigenvalue weighted by Crippen LogP contribution is 2.39. The zero-order chi connectivity index (χ0) is 14.2. The molecule has 2 rings (SSSR count). The van der Waals surface area contributed by atoms with Gasteiger partial charge in [-0.3, -0.25) is 0 Å². The molecule has 0 radical (unpaired) electrons. The number of halogens is 1. The fraction of sp³-hybridized carbons (Fsp3) is 0.412. The molecule has 0 heterocycles. The number of aryl methyl sites for hydroxylation is 1. The molecule has 0 amide bonds. The van der Waals surface area contributed by atoms with Gasteiger partial charge in [0.2, 0.25) is 0 Å². The highest BCUT2D eigenvalue weighted by Gasteiger charge is 2.29. The molecule has 1 aromatic carbocycles. The lowest BCUT2D eigenvalue weighted by atomic mass is 9.73. The van der Waals surface area contributed by atoms with Crippen molar-refractivity contribution in [1.29, 1.82) is 0 Å². The lowest BCUT2D eigenvalue weighted by Gasteiger charge is -2.34. The van der Waals surface area contributed by atoms with Gasteiger partial charge in [0.15, 0.2) is 0 Å². The van der Waals surface area contributed by atoms with Gasteiger partial charge in [-0.2, -0.15) is 0 Å². The number of allylic oxidation sites excluding steroid dienone is 3. The Balaban J connectivity index is 2.52. The highest BCUT2D eigenvalue weighted by molar-refractivity contribution is 6.30. The molecule has 0 fully saturated rings. The van der Waals surface area contributed by atoms with Crippen LogP contribution < -0.4 is 0 Å². The van der Waals surface area contributed by atoms with Crippen molar-refractivity contribution in [2.75, 3.05) is 14.1 Å². The van der Waals surface area contributed by atoms with Gasteiger partial charge in [-0.15, -0.1) is 0 Å². The van der Waals surface area contributed by atoms with Crippen molar-refractivity contribution >= 4 is 11.6 Å². The fourth-order valence-electron chi connectivity index (χ4n) is 2.82. The summed E-state index contributed by atoms with van der Waals surface area (Å²) in [5.74, 6) is 0. The predicted octanol–water partition coefficient (Wildman–Crippen LogP) is 4.70. The van der Waals surface area contributed by atoms with Gasteiger partial charge in [0.25, 0.3) is 0 Å². The minimum Gasteiger partial charge on any atom is -0.378 e. The largest absolute Gasteiger partial charge is 0.378 e. The molecule has 1 aliphatic rings. The molecule has 102 valence electrons. The molecule has 0 bridgehead atoms. The van der Waals surface area contributed by atoms with Gasteiger partial charge in [0, 0.05) is 30.2 Å². The molecule has 1 aromatic rings. The fourth-order valence-corrected chi connectivity index (χ4v) is 3.00. The quantitative estimate of drug-likeness (QED) is 0.756. The maximum Gasteiger partial charge on any atom is 0.0409 e. The molecule has 1 unspecified atom stereocenters. The third-order valence-corrected chi connectivity index (χ3v) is 4.22. The van der Waals surface area contributed by atoms with E-state index in [4.69, 9.17) is 11.6 Å². The summed E-state index contributed by atoms with van der Waals surface area (Å²) in [7, 11) is 4.19. The molecule has 0 aliphatic heterocycles. The van der Waals surface area contributed by atoms with Crippen LogP contribution in [0.25, 0.3) is 0 Å². The molecule has 2 heteroatoms. The Kier molecular flexibility index (Phi) is 3.78. The van der Waals surface area contributed by atoms with E-state index in [-0.39, 0.29) is 5.41 Å². The van der Waals surface area contributed by atoms with E-state index in [2.05, 4.69) is 64.1 Å². The summed E-state index contributed by atoms with van der Waals surface area (Å²) in [5.41, 5.74) is 5.29. The second-order valence-corrected chi connectivity index (χ2v) is 6.33. The summed E-state index contributed by atoms with van der Waals surface area (Å²) >= 11 is 6.18. The SMILES string of the molecule is CC1=CCC(C)(c2cc(Cl)ccc2C)C=C1N(C)C. The zero-order valence-electron chi connectivity index (χ0n) is 12.4. The molecule has 0 spiro atoms. The predicted molar refractivity (Wildman–Crippen MR) is 83.7 cm³/mol. The van der Waals surface area contributed by atoms with Crippen molar-refractivity contribution in [3.05, 3.63) is 57.8 Å².